The van der Waals surface area contributed by atoms with Gasteiger partial charge in [0.25, 0.3) is 5.56 Å². The van der Waals surface area contributed by atoms with Crippen molar-refractivity contribution in [1.82, 2.24) is 19.5 Å². The molecular formula is C16H20N4O9. The van der Waals surface area contributed by atoms with Crippen LogP contribution < -0.4 is 16.9 Å². The number of esters is 1. The molecule has 158 valence electrons. The number of carbonyl (C=O) groups is 1. The smallest absolute Gasteiger partial charge is 0.333 e. The van der Waals surface area contributed by atoms with Gasteiger partial charge in [0.2, 0.25) is 0 Å². The standard InChI is InChI=1S/C16H20N4O9/c1-3-5(2)14(25)28-4-6-8(21)9(22)10(23)13(29-6)20-11-7(17-15(26)18-11)12(24)19-16(20)27/h3,6,8-10,13,21-23H,4H2,1-2H3,(H2,17,18,26)(H,19,24,27)/b5-3+/t6-,8-,9+,10-,13-/m1/s1. The number of hydrogen-bond acceptors (Lipinski definition) is 9. The molecule has 3 rings (SSSR count). The second kappa shape index (κ2) is 7.79. The highest BCUT2D eigenvalue weighted by Gasteiger charge is 2.46. The molecule has 13 heteroatoms. The molecule has 29 heavy (non-hydrogen) atoms. The van der Waals surface area contributed by atoms with Gasteiger partial charge in [-0.1, -0.05) is 6.08 Å². The second-order valence-electron chi connectivity index (χ2n) is 6.54. The second-order valence-corrected chi connectivity index (χ2v) is 6.54. The number of ether oxygens (including phenoxy) is 2. The van der Waals surface area contributed by atoms with Gasteiger partial charge in [0.1, 0.15) is 31.0 Å². The van der Waals surface area contributed by atoms with E-state index < -0.39 is 60.2 Å². The average Bonchev–Trinajstić information content (AvgIpc) is 3.07. The lowest BCUT2D eigenvalue weighted by Gasteiger charge is -2.40. The summed E-state index contributed by atoms with van der Waals surface area (Å²) in [5.74, 6) is -0.681. The maximum Gasteiger partial charge on any atom is 0.333 e. The lowest BCUT2D eigenvalue weighted by Crippen LogP contribution is -2.58. The van der Waals surface area contributed by atoms with Crippen molar-refractivity contribution in [3.63, 3.8) is 0 Å². The molecule has 1 aliphatic heterocycles. The predicted octanol–water partition coefficient (Wildman–Crippen LogP) is -2.80. The Bertz CT molecular complexity index is 1120. The van der Waals surface area contributed by atoms with Crippen LogP contribution in [0.5, 0.6) is 0 Å². The molecular weight excluding hydrogens is 392 g/mol. The number of aromatic nitrogens is 4. The first-order valence-electron chi connectivity index (χ1n) is 8.62. The summed E-state index contributed by atoms with van der Waals surface area (Å²) in [4.78, 5) is 54.0. The summed E-state index contributed by atoms with van der Waals surface area (Å²) in [5.41, 5.74) is -2.96. The minimum atomic E-state index is -1.81. The zero-order chi connectivity index (χ0) is 21.5. The summed E-state index contributed by atoms with van der Waals surface area (Å²) in [5, 5.41) is 30.7. The molecule has 6 N–H and O–H groups in total. The molecule has 0 spiro atoms. The molecule has 5 atom stereocenters. The van der Waals surface area contributed by atoms with Crippen molar-refractivity contribution >= 4 is 17.1 Å². The fraction of sp³-hybridized carbons (Fsp3) is 0.500. The third kappa shape index (κ3) is 3.67. The minimum absolute atomic E-state index is 0.280. The van der Waals surface area contributed by atoms with Crippen molar-refractivity contribution < 1.29 is 29.6 Å². The average molecular weight is 412 g/mol. The van der Waals surface area contributed by atoms with E-state index in [1.54, 1.807) is 6.92 Å². The first-order valence-corrected chi connectivity index (χ1v) is 8.62. The maximum atomic E-state index is 12.3. The number of carbonyl (C=O) groups excluding carboxylic acids is 1. The van der Waals surface area contributed by atoms with Crippen LogP contribution in [0.3, 0.4) is 0 Å². The fourth-order valence-corrected chi connectivity index (χ4v) is 2.95. The number of aromatic amines is 3. The summed E-state index contributed by atoms with van der Waals surface area (Å²) in [6, 6.07) is 0. The van der Waals surface area contributed by atoms with Crippen molar-refractivity contribution in [1.29, 1.82) is 0 Å². The Labute approximate surface area is 161 Å². The van der Waals surface area contributed by atoms with Crippen LogP contribution in [0.1, 0.15) is 20.1 Å². The molecule has 2 aromatic heterocycles. The predicted molar refractivity (Wildman–Crippen MR) is 96.1 cm³/mol. The number of imidazole rings is 1. The van der Waals surface area contributed by atoms with Crippen LogP contribution in [-0.4, -0.2) is 71.8 Å². The molecule has 3 heterocycles. The number of fused-ring (bicyclic) bond motifs is 1. The Hall–Kier alpha value is -3.00. The molecule has 1 saturated heterocycles. The Morgan fingerprint density at radius 3 is 2.48 bits per heavy atom. The summed E-state index contributed by atoms with van der Waals surface area (Å²) >= 11 is 0. The minimum Gasteiger partial charge on any atom is -0.459 e. The number of aliphatic hydroxyl groups excluding tert-OH is 3. The summed E-state index contributed by atoms with van der Waals surface area (Å²) < 4.78 is 11.3. The van der Waals surface area contributed by atoms with Gasteiger partial charge in [-0.2, -0.15) is 0 Å². The van der Waals surface area contributed by atoms with E-state index >= 15 is 0 Å². The van der Waals surface area contributed by atoms with Crippen molar-refractivity contribution in [3.05, 3.63) is 43.0 Å². The fourth-order valence-electron chi connectivity index (χ4n) is 2.95. The highest BCUT2D eigenvalue weighted by atomic mass is 16.6. The van der Waals surface area contributed by atoms with E-state index in [2.05, 4.69) is 9.97 Å². The van der Waals surface area contributed by atoms with Crippen LogP contribution >= 0.6 is 0 Å². The quantitative estimate of drug-likeness (QED) is 0.227. The zero-order valence-electron chi connectivity index (χ0n) is 15.4. The van der Waals surface area contributed by atoms with E-state index in [0.29, 0.717) is 5.57 Å². The molecule has 0 radical (unpaired) electrons. The first kappa shape index (κ1) is 20.7. The number of nitrogens with zero attached hydrogens (tertiary/aromatic N) is 1. The Morgan fingerprint density at radius 2 is 1.83 bits per heavy atom. The van der Waals surface area contributed by atoms with Crippen LogP contribution in [0.15, 0.2) is 26.0 Å². The molecule has 0 aliphatic carbocycles. The molecule has 1 aliphatic rings. The van der Waals surface area contributed by atoms with E-state index in [4.69, 9.17) is 9.47 Å². The van der Waals surface area contributed by atoms with Crippen molar-refractivity contribution in [2.45, 2.75) is 44.5 Å². The van der Waals surface area contributed by atoms with Crippen molar-refractivity contribution in [2.75, 3.05) is 6.61 Å². The molecule has 0 saturated carbocycles. The number of allylic oxidation sites excluding steroid dienone is 1. The lowest BCUT2D eigenvalue weighted by atomic mass is 9.98. The van der Waals surface area contributed by atoms with Gasteiger partial charge in [0, 0.05) is 5.57 Å². The van der Waals surface area contributed by atoms with Crippen molar-refractivity contribution in [2.24, 2.45) is 0 Å². The number of hydrogen-bond donors (Lipinski definition) is 6. The van der Waals surface area contributed by atoms with Gasteiger partial charge < -0.3 is 24.8 Å². The van der Waals surface area contributed by atoms with Gasteiger partial charge >= 0.3 is 17.3 Å². The van der Waals surface area contributed by atoms with E-state index in [1.807, 2.05) is 4.98 Å². The number of nitrogens with one attached hydrogen (secondary N) is 3. The van der Waals surface area contributed by atoms with E-state index in [9.17, 15) is 34.5 Å². The Morgan fingerprint density at radius 1 is 1.14 bits per heavy atom. The number of rotatable bonds is 4. The molecule has 0 unspecified atom stereocenters. The van der Waals surface area contributed by atoms with Gasteiger partial charge in [-0.05, 0) is 13.8 Å². The molecule has 1 fully saturated rings. The van der Waals surface area contributed by atoms with Gasteiger partial charge in [0.15, 0.2) is 17.4 Å². The van der Waals surface area contributed by atoms with E-state index in [1.165, 1.54) is 13.0 Å². The summed E-state index contributed by atoms with van der Waals surface area (Å²) in [7, 11) is 0. The third-order valence-electron chi connectivity index (χ3n) is 4.69. The van der Waals surface area contributed by atoms with Gasteiger partial charge in [-0.25, -0.2) is 19.0 Å². The van der Waals surface area contributed by atoms with Gasteiger partial charge in [-0.3, -0.25) is 19.7 Å². The molecule has 0 bridgehead atoms. The first-order chi connectivity index (χ1) is 13.6. The van der Waals surface area contributed by atoms with Crippen LogP contribution in [0.25, 0.3) is 11.2 Å². The topological polar surface area (TPSA) is 200 Å². The van der Waals surface area contributed by atoms with E-state index in [-0.39, 0.29) is 11.2 Å². The number of H-pyrrole nitrogens is 3. The maximum absolute atomic E-state index is 12.3. The molecule has 2 aromatic rings. The summed E-state index contributed by atoms with van der Waals surface area (Å²) in [6.07, 6.45) is -6.64. The Kier molecular flexibility index (Phi) is 5.57. The van der Waals surface area contributed by atoms with Crippen LogP contribution in [0, 0.1) is 0 Å². The zero-order valence-corrected chi connectivity index (χ0v) is 15.4. The molecule has 0 amide bonds. The normalized spacial score (nSPS) is 27.9. The van der Waals surface area contributed by atoms with E-state index in [0.717, 1.165) is 4.57 Å². The van der Waals surface area contributed by atoms with Crippen LogP contribution in [0.2, 0.25) is 0 Å². The number of aliphatic hydroxyl groups is 3. The van der Waals surface area contributed by atoms with Crippen LogP contribution in [0.4, 0.5) is 0 Å². The van der Waals surface area contributed by atoms with Crippen molar-refractivity contribution in [3.8, 4) is 0 Å². The molecule has 0 aromatic carbocycles. The summed E-state index contributed by atoms with van der Waals surface area (Å²) in [6.45, 7) is 2.65. The largest absolute Gasteiger partial charge is 0.459 e. The molecule has 13 nitrogen and oxygen atoms in total. The Balaban J connectivity index is 1.98. The third-order valence-corrected chi connectivity index (χ3v) is 4.69. The highest BCUT2D eigenvalue weighted by molar-refractivity contribution is 5.87. The van der Waals surface area contributed by atoms with Gasteiger partial charge in [-0.15, -0.1) is 0 Å². The SMILES string of the molecule is C/C=C(\C)C(=O)OC[C@H]1O[C@@H](n2c(=O)[nH]c(=O)c3[nH]c(=O)[nH]c32)[C@H](O)[C@@H](O)[C@@H]1O. The monoisotopic (exact) mass is 412 g/mol. The van der Waals surface area contributed by atoms with Crippen LogP contribution in [-0.2, 0) is 14.3 Å². The lowest BCUT2D eigenvalue weighted by molar-refractivity contribution is -0.252. The highest BCUT2D eigenvalue weighted by Crippen LogP contribution is 2.28. The van der Waals surface area contributed by atoms with Gasteiger partial charge in [0.05, 0.1) is 0 Å².